The Morgan fingerprint density at radius 3 is 2.82 bits per heavy atom. The summed E-state index contributed by atoms with van der Waals surface area (Å²) in [6.45, 7) is 2.63. The van der Waals surface area contributed by atoms with Crippen molar-refractivity contribution in [3.63, 3.8) is 0 Å². The minimum atomic E-state index is -0.0257. The van der Waals surface area contributed by atoms with Gasteiger partial charge in [0.05, 0.1) is 4.88 Å². The van der Waals surface area contributed by atoms with E-state index >= 15 is 0 Å². The normalized spacial score (nSPS) is 11.7. The molecule has 17 heavy (non-hydrogen) atoms. The van der Waals surface area contributed by atoms with Crippen LogP contribution in [0.25, 0.3) is 0 Å². The van der Waals surface area contributed by atoms with Crippen LogP contribution in [-0.2, 0) is 0 Å². The fourth-order valence-corrected chi connectivity index (χ4v) is 2.72. The lowest BCUT2D eigenvalue weighted by atomic mass is 10.1. The predicted molar refractivity (Wildman–Crippen MR) is 79.1 cm³/mol. The van der Waals surface area contributed by atoms with Gasteiger partial charge in [-0.15, -0.1) is 23.7 Å². The Labute approximate surface area is 121 Å². The number of nitrogens with two attached hydrogens (primary N) is 1. The number of amides is 1. The molecule has 0 aliphatic carbocycles. The number of rotatable bonds is 6. The van der Waals surface area contributed by atoms with Crippen molar-refractivity contribution in [1.82, 2.24) is 5.32 Å². The molecule has 0 bridgehead atoms. The molecule has 0 fully saturated rings. The molecule has 1 amide bonds. The quantitative estimate of drug-likeness (QED) is 0.835. The van der Waals surface area contributed by atoms with E-state index in [0.717, 1.165) is 28.6 Å². The Balaban J connectivity index is 0.00000256. The average molecular weight is 342 g/mol. The van der Waals surface area contributed by atoms with Crippen LogP contribution < -0.4 is 11.1 Å². The van der Waals surface area contributed by atoms with Crippen LogP contribution in [0.4, 0.5) is 0 Å². The molecule has 0 aliphatic rings. The van der Waals surface area contributed by atoms with E-state index in [-0.39, 0.29) is 24.4 Å². The Kier molecular flexibility index (Phi) is 8.86. The molecule has 3 N–H and O–H groups in total. The van der Waals surface area contributed by atoms with Gasteiger partial charge in [0.1, 0.15) is 0 Å². The van der Waals surface area contributed by atoms with Crippen molar-refractivity contribution in [2.45, 2.75) is 32.2 Å². The Hall–Kier alpha value is -0.100. The van der Waals surface area contributed by atoms with Crippen molar-refractivity contribution in [3.8, 4) is 0 Å². The molecule has 0 aliphatic heterocycles. The van der Waals surface area contributed by atoms with Gasteiger partial charge in [0.15, 0.2) is 0 Å². The van der Waals surface area contributed by atoms with Crippen LogP contribution in [0.5, 0.6) is 0 Å². The van der Waals surface area contributed by atoms with Gasteiger partial charge in [-0.05, 0) is 28.4 Å². The number of nitrogens with one attached hydrogen (secondary N) is 1. The predicted octanol–water partition coefficient (Wildman–Crippen LogP) is 3.18. The van der Waals surface area contributed by atoms with E-state index in [1.54, 1.807) is 0 Å². The van der Waals surface area contributed by atoms with Crippen LogP contribution in [0.15, 0.2) is 15.9 Å². The number of thiophene rings is 1. The highest BCUT2D eigenvalue weighted by molar-refractivity contribution is 9.10. The lowest BCUT2D eigenvalue weighted by Crippen LogP contribution is -2.39. The Morgan fingerprint density at radius 1 is 1.65 bits per heavy atom. The number of carbonyl (C=O) groups is 1. The molecule has 0 spiro atoms. The fourth-order valence-electron chi connectivity index (χ4n) is 1.39. The molecule has 6 heteroatoms. The van der Waals surface area contributed by atoms with Gasteiger partial charge in [0, 0.05) is 22.4 Å². The zero-order chi connectivity index (χ0) is 12.0. The minimum Gasteiger partial charge on any atom is -0.347 e. The third-order valence-corrected chi connectivity index (χ3v) is 4.01. The van der Waals surface area contributed by atoms with Crippen molar-refractivity contribution in [2.24, 2.45) is 5.73 Å². The van der Waals surface area contributed by atoms with Crippen molar-refractivity contribution >= 4 is 45.6 Å². The highest BCUT2D eigenvalue weighted by Gasteiger charge is 2.13. The molecular formula is C11H18BrClN2OS. The first-order valence-electron chi connectivity index (χ1n) is 5.42. The van der Waals surface area contributed by atoms with Crippen LogP contribution in [0.2, 0.25) is 0 Å². The summed E-state index contributed by atoms with van der Waals surface area (Å²) in [6.07, 6.45) is 3.17. The maximum atomic E-state index is 11.8. The van der Waals surface area contributed by atoms with Gasteiger partial charge in [-0.3, -0.25) is 4.79 Å². The van der Waals surface area contributed by atoms with Gasteiger partial charge in [0.25, 0.3) is 5.91 Å². The van der Waals surface area contributed by atoms with Gasteiger partial charge in [-0.1, -0.05) is 19.8 Å². The van der Waals surface area contributed by atoms with Gasteiger partial charge in [-0.25, -0.2) is 0 Å². The summed E-state index contributed by atoms with van der Waals surface area (Å²) >= 11 is 4.77. The molecule has 0 saturated heterocycles. The summed E-state index contributed by atoms with van der Waals surface area (Å²) in [5.41, 5.74) is 5.62. The molecule has 98 valence electrons. The van der Waals surface area contributed by atoms with Gasteiger partial charge < -0.3 is 11.1 Å². The van der Waals surface area contributed by atoms with E-state index in [9.17, 15) is 4.79 Å². The van der Waals surface area contributed by atoms with E-state index < -0.39 is 0 Å². The van der Waals surface area contributed by atoms with Crippen LogP contribution >= 0.6 is 39.7 Å². The number of hydrogen-bond acceptors (Lipinski definition) is 3. The third-order valence-electron chi connectivity index (χ3n) is 2.32. The fraction of sp³-hybridized carbons (Fsp3) is 0.545. The van der Waals surface area contributed by atoms with Crippen molar-refractivity contribution in [1.29, 1.82) is 0 Å². The topological polar surface area (TPSA) is 55.1 Å². The van der Waals surface area contributed by atoms with Crippen molar-refractivity contribution in [3.05, 3.63) is 20.8 Å². The smallest absolute Gasteiger partial charge is 0.261 e. The molecule has 0 aromatic carbocycles. The van der Waals surface area contributed by atoms with E-state index in [0.29, 0.717) is 6.54 Å². The van der Waals surface area contributed by atoms with Crippen LogP contribution in [0.3, 0.4) is 0 Å². The molecule has 1 rings (SSSR count). The van der Waals surface area contributed by atoms with Gasteiger partial charge in [0.2, 0.25) is 0 Å². The standard InChI is InChI=1S/C11H17BrN2OS.ClH/c1-2-3-4-9(6-13)14-11(15)10-5-8(12)7-16-10;/h5,7,9H,2-4,6,13H2,1H3,(H,14,15);1H. The van der Waals surface area contributed by atoms with Gasteiger partial charge >= 0.3 is 0 Å². The van der Waals surface area contributed by atoms with E-state index in [2.05, 4.69) is 28.2 Å². The highest BCUT2D eigenvalue weighted by atomic mass is 79.9. The lowest BCUT2D eigenvalue weighted by Gasteiger charge is -2.15. The third kappa shape index (κ3) is 5.86. The number of halogens is 2. The molecule has 0 radical (unpaired) electrons. The Morgan fingerprint density at radius 2 is 2.35 bits per heavy atom. The first kappa shape index (κ1) is 16.9. The van der Waals surface area contributed by atoms with Crippen LogP contribution in [0.1, 0.15) is 35.9 Å². The summed E-state index contributed by atoms with van der Waals surface area (Å²) in [5.74, 6) is -0.0257. The molecule has 1 heterocycles. The monoisotopic (exact) mass is 340 g/mol. The van der Waals surface area contributed by atoms with Crippen LogP contribution in [-0.4, -0.2) is 18.5 Å². The maximum absolute atomic E-state index is 11.8. The largest absolute Gasteiger partial charge is 0.347 e. The second kappa shape index (κ2) is 8.91. The Bertz CT molecular complexity index is 346. The van der Waals surface area contributed by atoms with Crippen molar-refractivity contribution < 1.29 is 4.79 Å². The number of hydrogen-bond donors (Lipinski definition) is 2. The minimum absolute atomic E-state index is 0. The van der Waals surface area contributed by atoms with E-state index in [1.165, 1.54) is 11.3 Å². The number of unbranched alkanes of at least 4 members (excludes halogenated alkanes) is 1. The summed E-state index contributed by atoms with van der Waals surface area (Å²) in [4.78, 5) is 12.5. The summed E-state index contributed by atoms with van der Waals surface area (Å²) in [6, 6.07) is 1.92. The second-order valence-electron chi connectivity index (χ2n) is 3.68. The molecule has 0 saturated carbocycles. The molecule has 1 aromatic heterocycles. The summed E-state index contributed by atoms with van der Waals surface area (Å²) in [5, 5.41) is 4.86. The zero-order valence-corrected chi connectivity index (χ0v) is 13.0. The van der Waals surface area contributed by atoms with E-state index in [4.69, 9.17) is 5.73 Å². The zero-order valence-electron chi connectivity index (χ0n) is 9.74. The van der Waals surface area contributed by atoms with E-state index in [1.807, 2.05) is 11.4 Å². The molecule has 3 nitrogen and oxygen atoms in total. The first-order chi connectivity index (χ1) is 7.67. The first-order valence-corrected chi connectivity index (χ1v) is 7.09. The second-order valence-corrected chi connectivity index (χ2v) is 5.50. The maximum Gasteiger partial charge on any atom is 0.261 e. The van der Waals surface area contributed by atoms with Crippen molar-refractivity contribution in [2.75, 3.05) is 6.54 Å². The summed E-state index contributed by atoms with van der Waals surface area (Å²) < 4.78 is 0.945. The highest BCUT2D eigenvalue weighted by Crippen LogP contribution is 2.19. The molecule has 1 atom stereocenters. The SMILES string of the molecule is CCCCC(CN)NC(=O)c1cc(Br)cs1.Cl. The van der Waals surface area contributed by atoms with Gasteiger partial charge in [-0.2, -0.15) is 0 Å². The molecule has 1 aromatic rings. The summed E-state index contributed by atoms with van der Waals surface area (Å²) in [7, 11) is 0. The van der Waals surface area contributed by atoms with Crippen LogP contribution in [0, 0.1) is 0 Å². The molecular weight excluding hydrogens is 324 g/mol. The number of carbonyl (C=O) groups excluding carboxylic acids is 1. The lowest BCUT2D eigenvalue weighted by molar-refractivity contribution is 0.0940. The molecule has 1 unspecified atom stereocenters. The average Bonchev–Trinajstić information content (AvgIpc) is 2.70.